The monoisotopic (exact) mass is 222 g/mol. The molecule has 0 fully saturated rings. The summed E-state index contributed by atoms with van der Waals surface area (Å²) in [6.07, 6.45) is 6.11. The van der Waals surface area contributed by atoms with Crippen LogP contribution >= 0.6 is 0 Å². The summed E-state index contributed by atoms with van der Waals surface area (Å²) >= 11 is 0. The van der Waals surface area contributed by atoms with Crippen molar-refractivity contribution >= 4 is 0 Å². The highest BCUT2D eigenvalue weighted by atomic mass is 16.5. The molecule has 1 aromatic rings. The van der Waals surface area contributed by atoms with Crippen molar-refractivity contribution < 1.29 is 4.74 Å². The van der Waals surface area contributed by atoms with Crippen molar-refractivity contribution in [2.24, 2.45) is 0 Å². The number of aryl methyl sites for hydroxylation is 2. The molecule has 0 aliphatic heterocycles. The van der Waals surface area contributed by atoms with E-state index in [2.05, 4.69) is 18.8 Å². The van der Waals surface area contributed by atoms with Crippen LogP contribution in [0.15, 0.2) is 0 Å². The zero-order valence-electron chi connectivity index (χ0n) is 10.5. The Kier molecular flexibility index (Phi) is 3.64. The van der Waals surface area contributed by atoms with E-state index in [-0.39, 0.29) is 0 Å². The summed E-state index contributed by atoms with van der Waals surface area (Å²) in [5.41, 5.74) is 2.69. The third kappa shape index (κ3) is 2.46. The van der Waals surface area contributed by atoms with Gasteiger partial charge in [-0.05, 0) is 32.6 Å². The molecule has 16 heavy (non-hydrogen) atoms. The smallest absolute Gasteiger partial charge is 0.106 e. The van der Waals surface area contributed by atoms with Gasteiger partial charge in [-0.25, -0.2) is 4.98 Å². The molecule has 2 atom stereocenters. The Morgan fingerprint density at radius 3 is 3.06 bits per heavy atom. The molecule has 1 aliphatic carbocycles. The van der Waals surface area contributed by atoms with Gasteiger partial charge in [-0.3, -0.25) is 0 Å². The van der Waals surface area contributed by atoms with Gasteiger partial charge < -0.3 is 9.72 Å². The maximum Gasteiger partial charge on any atom is 0.106 e. The summed E-state index contributed by atoms with van der Waals surface area (Å²) in [6, 6.07) is 0. The van der Waals surface area contributed by atoms with E-state index in [4.69, 9.17) is 9.72 Å². The van der Waals surface area contributed by atoms with Crippen molar-refractivity contribution in [3.05, 3.63) is 17.2 Å². The summed E-state index contributed by atoms with van der Waals surface area (Å²) < 4.78 is 5.25. The van der Waals surface area contributed by atoms with Gasteiger partial charge in [0, 0.05) is 25.1 Å². The van der Waals surface area contributed by atoms with Crippen LogP contribution in [0.2, 0.25) is 0 Å². The molecule has 2 unspecified atom stereocenters. The van der Waals surface area contributed by atoms with E-state index in [1.807, 2.05) is 0 Å². The van der Waals surface area contributed by atoms with Crippen molar-refractivity contribution in [2.75, 3.05) is 7.11 Å². The number of aromatic amines is 1. The van der Waals surface area contributed by atoms with Gasteiger partial charge in [0.05, 0.1) is 11.8 Å². The third-order valence-corrected chi connectivity index (χ3v) is 3.58. The van der Waals surface area contributed by atoms with E-state index < -0.39 is 0 Å². The summed E-state index contributed by atoms with van der Waals surface area (Å²) in [7, 11) is 1.76. The quantitative estimate of drug-likeness (QED) is 0.850. The fourth-order valence-corrected chi connectivity index (χ4v) is 2.38. The summed E-state index contributed by atoms with van der Waals surface area (Å²) in [6.45, 7) is 4.38. The highest BCUT2D eigenvalue weighted by Gasteiger charge is 2.20. The second kappa shape index (κ2) is 5.00. The van der Waals surface area contributed by atoms with Gasteiger partial charge in [-0.1, -0.05) is 6.92 Å². The molecule has 0 saturated carbocycles. The SMILES string of the molecule is COC(C)CCc1nc2c([nH]1)CCCC2C. The summed E-state index contributed by atoms with van der Waals surface area (Å²) in [4.78, 5) is 8.20. The van der Waals surface area contributed by atoms with E-state index in [1.165, 1.54) is 30.7 Å². The van der Waals surface area contributed by atoms with Crippen LogP contribution in [0, 0.1) is 0 Å². The predicted molar refractivity (Wildman–Crippen MR) is 64.7 cm³/mol. The molecule has 0 aromatic carbocycles. The number of hydrogen-bond acceptors (Lipinski definition) is 2. The Morgan fingerprint density at radius 2 is 2.38 bits per heavy atom. The van der Waals surface area contributed by atoms with E-state index in [1.54, 1.807) is 7.11 Å². The maximum absolute atomic E-state index is 5.25. The molecule has 3 heteroatoms. The molecule has 1 heterocycles. The molecule has 1 N–H and O–H groups in total. The van der Waals surface area contributed by atoms with Gasteiger partial charge in [-0.2, -0.15) is 0 Å². The van der Waals surface area contributed by atoms with Crippen LogP contribution in [0.3, 0.4) is 0 Å². The fourth-order valence-electron chi connectivity index (χ4n) is 2.38. The second-order valence-electron chi connectivity index (χ2n) is 4.93. The minimum absolute atomic E-state index is 0.319. The summed E-state index contributed by atoms with van der Waals surface area (Å²) in [5.74, 6) is 1.77. The largest absolute Gasteiger partial charge is 0.382 e. The van der Waals surface area contributed by atoms with Crippen LogP contribution in [-0.2, 0) is 17.6 Å². The van der Waals surface area contributed by atoms with Crippen molar-refractivity contribution in [1.29, 1.82) is 0 Å². The van der Waals surface area contributed by atoms with Crippen LogP contribution in [0.25, 0.3) is 0 Å². The lowest BCUT2D eigenvalue weighted by Crippen LogP contribution is -2.06. The zero-order chi connectivity index (χ0) is 11.5. The molecule has 3 nitrogen and oxygen atoms in total. The summed E-state index contributed by atoms with van der Waals surface area (Å²) in [5, 5.41) is 0. The number of rotatable bonds is 4. The molecule has 1 aromatic heterocycles. The molecule has 0 bridgehead atoms. The number of aromatic nitrogens is 2. The molecular formula is C13H22N2O. The molecule has 0 amide bonds. The first kappa shape index (κ1) is 11.6. The second-order valence-corrected chi connectivity index (χ2v) is 4.93. The van der Waals surface area contributed by atoms with Crippen LogP contribution < -0.4 is 0 Å². The van der Waals surface area contributed by atoms with Gasteiger partial charge in [0.2, 0.25) is 0 Å². The third-order valence-electron chi connectivity index (χ3n) is 3.58. The van der Waals surface area contributed by atoms with Crippen molar-refractivity contribution in [3.63, 3.8) is 0 Å². The van der Waals surface area contributed by atoms with Crippen LogP contribution in [0.5, 0.6) is 0 Å². The van der Waals surface area contributed by atoms with Crippen LogP contribution in [0.4, 0.5) is 0 Å². The number of methoxy groups -OCH3 is 1. The highest BCUT2D eigenvalue weighted by Crippen LogP contribution is 2.29. The Morgan fingerprint density at radius 1 is 1.56 bits per heavy atom. The van der Waals surface area contributed by atoms with E-state index in [0.717, 1.165) is 18.7 Å². The van der Waals surface area contributed by atoms with Gasteiger partial charge >= 0.3 is 0 Å². The number of ether oxygens (including phenoxy) is 1. The molecule has 0 radical (unpaired) electrons. The lowest BCUT2D eigenvalue weighted by atomic mass is 9.92. The van der Waals surface area contributed by atoms with Gasteiger partial charge in [0.1, 0.15) is 5.82 Å². The first-order valence-corrected chi connectivity index (χ1v) is 6.31. The zero-order valence-corrected chi connectivity index (χ0v) is 10.5. The molecule has 1 aliphatic rings. The Balaban J connectivity index is 2.01. The van der Waals surface area contributed by atoms with E-state index >= 15 is 0 Å². The van der Waals surface area contributed by atoms with Crippen LogP contribution in [0.1, 0.15) is 56.2 Å². The first-order valence-electron chi connectivity index (χ1n) is 6.31. The molecule has 0 spiro atoms. The minimum atomic E-state index is 0.319. The Bertz CT molecular complexity index is 346. The van der Waals surface area contributed by atoms with E-state index in [0.29, 0.717) is 12.0 Å². The number of hydrogen-bond donors (Lipinski definition) is 1. The molecule has 2 rings (SSSR count). The average molecular weight is 222 g/mol. The van der Waals surface area contributed by atoms with Crippen LogP contribution in [-0.4, -0.2) is 23.2 Å². The normalized spacial score (nSPS) is 21.8. The number of H-pyrrole nitrogens is 1. The lowest BCUT2D eigenvalue weighted by molar-refractivity contribution is 0.111. The molecule has 0 saturated heterocycles. The standard InChI is InChI=1S/C13H22N2O/c1-9-5-4-6-11-13(9)15-12(14-11)8-7-10(2)16-3/h9-10H,4-8H2,1-3H3,(H,14,15). The van der Waals surface area contributed by atoms with E-state index in [9.17, 15) is 0 Å². The number of nitrogens with zero attached hydrogens (tertiary/aromatic N) is 1. The Hall–Kier alpha value is -0.830. The maximum atomic E-state index is 5.25. The average Bonchev–Trinajstić information content (AvgIpc) is 2.70. The van der Waals surface area contributed by atoms with Gasteiger partial charge in [-0.15, -0.1) is 0 Å². The number of nitrogens with one attached hydrogen (secondary N) is 1. The minimum Gasteiger partial charge on any atom is -0.382 e. The van der Waals surface area contributed by atoms with Gasteiger partial charge in [0.15, 0.2) is 0 Å². The lowest BCUT2D eigenvalue weighted by Gasteiger charge is -2.15. The molecule has 90 valence electrons. The fraction of sp³-hybridized carbons (Fsp3) is 0.769. The topological polar surface area (TPSA) is 37.9 Å². The van der Waals surface area contributed by atoms with Crippen molar-refractivity contribution in [2.45, 2.75) is 58.0 Å². The van der Waals surface area contributed by atoms with Crippen molar-refractivity contribution in [1.82, 2.24) is 9.97 Å². The molecular weight excluding hydrogens is 200 g/mol. The highest BCUT2D eigenvalue weighted by molar-refractivity contribution is 5.21. The number of fused-ring (bicyclic) bond motifs is 1. The van der Waals surface area contributed by atoms with Gasteiger partial charge in [0.25, 0.3) is 0 Å². The Labute approximate surface area is 97.6 Å². The number of imidazole rings is 1. The predicted octanol–water partition coefficient (Wildman–Crippen LogP) is 2.82. The first-order chi connectivity index (χ1) is 7.70. The van der Waals surface area contributed by atoms with Crippen molar-refractivity contribution in [3.8, 4) is 0 Å².